The van der Waals surface area contributed by atoms with Gasteiger partial charge >= 0.3 is 5.69 Å². The second-order valence-electron chi connectivity index (χ2n) is 9.75. The van der Waals surface area contributed by atoms with Crippen molar-refractivity contribution < 1.29 is 13.9 Å². The summed E-state index contributed by atoms with van der Waals surface area (Å²) in [6, 6.07) is 6.87. The number of anilines is 3. The summed E-state index contributed by atoms with van der Waals surface area (Å²) in [6.07, 6.45) is 7.14. The van der Waals surface area contributed by atoms with Gasteiger partial charge in [0.2, 0.25) is 5.52 Å². The highest BCUT2D eigenvalue weighted by molar-refractivity contribution is 6.02. The van der Waals surface area contributed by atoms with Gasteiger partial charge in [0.05, 0.1) is 10.6 Å². The Labute approximate surface area is 190 Å². The van der Waals surface area contributed by atoms with Gasteiger partial charge in [0, 0.05) is 24.3 Å². The zero-order valence-corrected chi connectivity index (χ0v) is 18.6. The van der Waals surface area contributed by atoms with Crippen molar-refractivity contribution in [2.24, 2.45) is 0 Å². The van der Waals surface area contributed by atoms with Crippen LogP contribution in [0.1, 0.15) is 63.4 Å². The average Bonchev–Trinajstić information content (AvgIpc) is 3.56. The van der Waals surface area contributed by atoms with Crippen LogP contribution in [0.2, 0.25) is 0 Å². The fourth-order valence-corrected chi connectivity index (χ4v) is 6.45. The molecular formula is C24H26FN5O3. The van der Waals surface area contributed by atoms with Gasteiger partial charge in [-0.2, -0.15) is 0 Å². The second kappa shape index (κ2) is 7.40. The number of fused-ring (bicyclic) bond motifs is 2. The molecule has 1 aliphatic carbocycles. The maximum atomic E-state index is 14.2. The first-order valence-corrected chi connectivity index (χ1v) is 11.8. The van der Waals surface area contributed by atoms with Crippen molar-refractivity contribution in [1.29, 1.82) is 0 Å². The molecule has 172 valence electrons. The molecule has 1 saturated carbocycles. The molecule has 2 fully saturated rings. The Kier molecular flexibility index (Phi) is 4.57. The first kappa shape index (κ1) is 20.4. The minimum atomic E-state index is -0.378. The molecule has 9 heteroatoms. The number of halogens is 1. The van der Waals surface area contributed by atoms with E-state index in [4.69, 9.17) is 4.63 Å². The Morgan fingerprint density at radius 2 is 1.79 bits per heavy atom. The van der Waals surface area contributed by atoms with Gasteiger partial charge in [-0.3, -0.25) is 10.1 Å². The van der Waals surface area contributed by atoms with E-state index in [0.29, 0.717) is 11.2 Å². The van der Waals surface area contributed by atoms with E-state index in [2.05, 4.69) is 27.0 Å². The van der Waals surface area contributed by atoms with Crippen LogP contribution in [0.5, 0.6) is 0 Å². The average molecular weight is 452 g/mol. The molecule has 3 heterocycles. The lowest BCUT2D eigenvalue weighted by Crippen LogP contribution is -2.48. The summed E-state index contributed by atoms with van der Waals surface area (Å²) in [5.74, 6) is -0.0373. The summed E-state index contributed by atoms with van der Waals surface area (Å²) >= 11 is 0. The number of hydrogen-bond acceptors (Lipinski definition) is 7. The monoisotopic (exact) mass is 451 g/mol. The summed E-state index contributed by atoms with van der Waals surface area (Å²) < 4.78 is 19.3. The summed E-state index contributed by atoms with van der Waals surface area (Å²) in [5, 5.41) is 20.3. The van der Waals surface area contributed by atoms with Crippen molar-refractivity contribution in [3.05, 3.63) is 45.8 Å². The van der Waals surface area contributed by atoms with Crippen molar-refractivity contribution in [3.8, 4) is 0 Å². The number of nitrogens with zero attached hydrogens (tertiary/aromatic N) is 5. The van der Waals surface area contributed by atoms with Gasteiger partial charge in [-0.05, 0) is 78.2 Å². The number of nitro groups is 1. The molecule has 1 unspecified atom stereocenters. The van der Waals surface area contributed by atoms with Crippen LogP contribution in [0.25, 0.3) is 11.0 Å². The molecule has 1 spiro atoms. The molecule has 0 N–H and O–H groups in total. The molecule has 1 atom stereocenters. The van der Waals surface area contributed by atoms with Gasteiger partial charge in [0.25, 0.3) is 0 Å². The molecule has 8 nitrogen and oxygen atoms in total. The van der Waals surface area contributed by atoms with E-state index >= 15 is 0 Å². The van der Waals surface area contributed by atoms with Crippen molar-refractivity contribution >= 4 is 33.8 Å². The fourth-order valence-electron chi connectivity index (χ4n) is 6.45. The molecule has 3 aromatic rings. The van der Waals surface area contributed by atoms with Crippen molar-refractivity contribution in [2.45, 2.75) is 63.3 Å². The zero-order chi connectivity index (χ0) is 22.7. The lowest BCUT2D eigenvalue weighted by Gasteiger charge is -2.49. The lowest BCUT2D eigenvalue weighted by molar-refractivity contribution is -0.382. The van der Waals surface area contributed by atoms with E-state index in [0.717, 1.165) is 75.0 Å². The third-order valence-corrected chi connectivity index (χ3v) is 7.80. The van der Waals surface area contributed by atoms with Crippen LogP contribution >= 0.6 is 0 Å². The van der Waals surface area contributed by atoms with E-state index in [1.165, 1.54) is 6.07 Å². The molecular weight excluding hydrogens is 425 g/mol. The second-order valence-corrected chi connectivity index (χ2v) is 9.75. The summed E-state index contributed by atoms with van der Waals surface area (Å²) in [7, 11) is 0. The Balaban J connectivity index is 1.65. The summed E-state index contributed by atoms with van der Waals surface area (Å²) in [5.41, 5.74) is 3.60. The third-order valence-electron chi connectivity index (χ3n) is 7.80. The fraction of sp³-hybridized carbons (Fsp3) is 0.500. The highest BCUT2D eigenvalue weighted by atomic mass is 19.1. The number of rotatable bonds is 3. The molecule has 1 saturated heterocycles. The molecule has 0 bridgehead atoms. The smallest absolute Gasteiger partial charge is 0.323 e. The largest absolute Gasteiger partial charge is 0.366 e. The number of aromatic nitrogens is 2. The molecule has 6 rings (SSSR count). The normalized spacial score (nSPS) is 21.8. The summed E-state index contributed by atoms with van der Waals surface area (Å²) in [4.78, 5) is 16.1. The Hall–Kier alpha value is -3.23. The van der Waals surface area contributed by atoms with E-state index in [9.17, 15) is 14.5 Å². The van der Waals surface area contributed by atoms with Gasteiger partial charge < -0.3 is 9.80 Å². The molecule has 0 radical (unpaired) electrons. The van der Waals surface area contributed by atoms with E-state index < -0.39 is 0 Å². The van der Waals surface area contributed by atoms with Crippen LogP contribution in [-0.4, -0.2) is 33.9 Å². The first-order chi connectivity index (χ1) is 16.0. The van der Waals surface area contributed by atoms with Gasteiger partial charge in [-0.1, -0.05) is 19.8 Å². The molecule has 33 heavy (non-hydrogen) atoms. The molecule has 2 aromatic carbocycles. The standard InChI is InChI=1S/C24H26FN5O3/c1-15-14-24(8-2-3-9-24)29(18-7-6-16(25)12-17(15)18)19-13-20(28-10-4-5-11-28)23(30(31)32)22-21(19)26-33-27-22/h6-7,12-13,15H,2-5,8-11,14H2,1H3. The number of benzene rings is 2. The minimum absolute atomic E-state index is 0.0536. The van der Waals surface area contributed by atoms with Gasteiger partial charge in [-0.15, -0.1) is 0 Å². The summed E-state index contributed by atoms with van der Waals surface area (Å²) in [6.45, 7) is 3.69. The maximum Gasteiger partial charge on any atom is 0.323 e. The highest BCUT2D eigenvalue weighted by Gasteiger charge is 2.47. The zero-order valence-electron chi connectivity index (χ0n) is 18.6. The van der Waals surface area contributed by atoms with Crippen molar-refractivity contribution in [1.82, 2.24) is 10.3 Å². The van der Waals surface area contributed by atoms with E-state index in [1.807, 2.05) is 12.1 Å². The predicted octanol–water partition coefficient (Wildman–Crippen LogP) is 5.83. The van der Waals surface area contributed by atoms with Gasteiger partial charge in [-0.25, -0.2) is 9.02 Å². The Bertz CT molecular complexity index is 1250. The van der Waals surface area contributed by atoms with Crippen LogP contribution in [-0.2, 0) is 0 Å². The maximum absolute atomic E-state index is 14.2. The van der Waals surface area contributed by atoms with Crippen LogP contribution in [0.3, 0.4) is 0 Å². The Morgan fingerprint density at radius 1 is 1.06 bits per heavy atom. The first-order valence-electron chi connectivity index (χ1n) is 11.8. The topological polar surface area (TPSA) is 88.5 Å². The molecule has 0 amide bonds. The van der Waals surface area contributed by atoms with Crippen LogP contribution in [0, 0.1) is 15.9 Å². The van der Waals surface area contributed by atoms with E-state index in [1.54, 1.807) is 6.07 Å². The highest BCUT2D eigenvalue weighted by Crippen LogP contribution is 2.56. The molecule has 2 aliphatic heterocycles. The van der Waals surface area contributed by atoms with Crippen LogP contribution in [0.4, 0.5) is 27.1 Å². The quantitative estimate of drug-likeness (QED) is 0.366. The van der Waals surface area contributed by atoms with Crippen molar-refractivity contribution in [3.63, 3.8) is 0 Å². The molecule has 3 aliphatic rings. The van der Waals surface area contributed by atoms with Crippen molar-refractivity contribution in [2.75, 3.05) is 22.9 Å². The third kappa shape index (κ3) is 3.01. The lowest BCUT2D eigenvalue weighted by atomic mass is 9.76. The predicted molar refractivity (Wildman–Crippen MR) is 123 cm³/mol. The van der Waals surface area contributed by atoms with Crippen LogP contribution < -0.4 is 9.80 Å². The Morgan fingerprint density at radius 3 is 2.52 bits per heavy atom. The minimum Gasteiger partial charge on any atom is -0.366 e. The van der Waals surface area contributed by atoms with Gasteiger partial charge in [0.1, 0.15) is 11.5 Å². The number of nitro benzene ring substituents is 1. The molecule has 1 aromatic heterocycles. The number of hydrogen-bond donors (Lipinski definition) is 0. The van der Waals surface area contributed by atoms with Crippen LogP contribution in [0.15, 0.2) is 28.9 Å². The van der Waals surface area contributed by atoms with E-state index in [-0.39, 0.29) is 33.4 Å². The SMILES string of the molecule is CC1CC2(CCCC2)N(c2cc(N3CCCC3)c([N+](=O)[O-])c3nonc23)c2ccc(F)cc21. The van der Waals surface area contributed by atoms with Gasteiger partial charge in [0.15, 0.2) is 5.52 Å².